The van der Waals surface area contributed by atoms with Gasteiger partial charge in [-0.05, 0) is 47.0 Å². The maximum atomic E-state index is 12.3. The van der Waals surface area contributed by atoms with Crippen LogP contribution in [0.2, 0.25) is 0 Å². The highest BCUT2D eigenvalue weighted by molar-refractivity contribution is 9.10. The minimum Gasteiger partial charge on any atom is -0.381 e. The van der Waals surface area contributed by atoms with E-state index in [2.05, 4.69) is 15.9 Å². The second-order valence-corrected chi connectivity index (χ2v) is 3.73. The summed E-state index contributed by atoms with van der Waals surface area (Å²) in [6, 6.07) is 3.22. The van der Waals surface area contributed by atoms with Gasteiger partial charge in [-0.1, -0.05) is 0 Å². The lowest BCUT2D eigenvalue weighted by Crippen LogP contribution is -1.77. The SMILES string of the molecule is C1CCOC1.Fc1ccc(F)c(Br)c1. The third-order valence-corrected chi connectivity index (χ3v) is 2.32. The second kappa shape index (κ2) is 6.09. The molecule has 0 spiro atoms. The molecule has 14 heavy (non-hydrogen) atoms. The van der Waals surface area contributed by atoms with Gasteiger partial charge in [-0.3, -0.25) is 0 Å². The fourth-order valence-corrected chi connectivity index (χ4v) is 1.33. The van der Waals surface area contributed by atoms with Crippen molar-refractivity contribution >= 4 is 15.9 Å². The van der Waals surface area contributed by atoms with E-state index in [1.807, 2.05) is 0 Å². The van der Waals surface area contributed by atoms with Gasteiger partial charge in [0.05, 0.1) is 4.47 Å². The Morgan fingerprint density at radius 2 is 1.79 bits per heavy atom. The van der Waals surface area contributed by atoms with E-state index in [-0.39, 0.29) is 4.47 Å². The topological polar surface area (TPSA) is 9.23 Å². The molecule has 0 amide bonds. The largest absolute Gasteiger partial charge is 0.381 e. The molecule has 2 rings (SSSR count). The molecule has 0 saturated carbocycles. The average Bonchev–Trinajstić information content (AvgIpc) is 2.69. The maximum Gasteiger partial charge on any atom is 0.137 e. The van der Waals surface area contributed by atoms with Gasteiger partial charge in [0.25, 0.3) is 0 Å². The minimum atomic E-state index is -0.448. The van der Waals surface area contributed by atoms with Crippen LogP contribution < -0.4 is 0 Å². The quantitative estimate of drug-likeness (QED) is 0.652. The average molecular weight is 265 g/mol. The van der Waals surface area contributed by atoms with E-state index >= 15 is 0 Å². The van der Waals surface area contributed by atoms with Crippen LogP contribution in [-0.2, 0) is 4.74 Å². The Bertz CT molecular complexity index is 280. The molecule has 1 aliphatic rings. The fraction of sp³-hybridized carbons (Fsp3) is 0.400. The van der Waals surface area contributed by atoms with Crippen molar-refractivity contribution in [3.63, 3.8) is 0 Å². The van der Waals surface area contributed by atoms with Crippen LogP contribution in [0.5, 0.6) is 0 Å². The molecule has 0 N–H and O–H groups in total. The van der Waals surface area contributed by atoms with Crippen LogP contribution >= 0.6 is 15.9 Å². The van der Waals surface area contributed by atoms with E-state index in [0.717, 1.165) is 31.4 Å². The Morgan fingerprint density at radius 3 is 2.14 bits per heavy atom. The Morgan fingerprint density at radius 1 is 1.14 bits per heavy atom. The highest BCUT2D eigenvalue weighted by Crippen LogP contribution is 2.15. The van der Waals surface area contributed by atoms with Gasteiger partial charge in [-0.15, -0.1) is 0 Å². The van der Waals surface area contributed by atoms with Crippen molar-refractivity contribution < 1.29 is 13.5 Å². The molecule has 1 saturated heterocycles. The minimum absolute atomic E-state index is 0.155. The molecule has 0 atom stereocenters. The van der Waals surface area contributed by atoms with Crippen LogP contribution in [0.4, 0.5) is 8.78 Å². The summed E-state index contributed by atoms with van der Waals surface area (Å²) in [6.45, 7) is 2.00. The van der Waals surface area contributed by atoms with Gasteiger partial charge >= 0.3 is 0 Å². The molecule has 0 aliphatic carbocycles. The second-order valence-electron chi connectivity index (χ2n) is 2.88. The lowest BCUT2D eigenvalue weighted by molar-refractivity contribution is 0.198. The summed E-state index contributed by atoms with van der Waals surface area (Å²) >= 11 is 2.83. The summed E-state index contributed by atoms with van der Waals surface area (Å²) in [5.41, 5.74) is 0. The number of ether oxygens (including phenoxy) is 1. The Hall–Kier alpha value is -0.480. The zero-order valence-electron chi connectivity index (χ0n) is 7.60. The van der Waals surface area contributed by atoms with Gasteiger partial charge in [0.1, 0.15) is 11.6 Å². The van der Waals surface area contributed by atoms with E-state index < -0.39 is 11.6 Å². The molecule has 0 aromatic heterocycles. The van der Waals surface area contributed by atoms with Gasteiger partial charge in [-0.25, -0.2) is 8.78 Å². The molecule has 78 valence electrons. The van der Waals surface area contributed by atoms with E-state index in [9.17, 15) is 8.78 Å². The lowest BCUT2D eigenvalue weighted by atomic mass is 10.3. The summed E-state index contributed by atoms with van der Waals surface area (Å²) in [5.74, 6) is -0.889. The monoisotopic (exact) mass is 264 g/mol. The van der Waals surface area contributed by atoms with E-state index in [1.54, 1.807) is 0 Å². The molecule has 1 nitrogen and oxygen atoms in total. The number of hydrogen-bond donors (Lipinski definition) is 0. The van der Waals surface area contributed by atoms with Crippen LogP contribution in [0.25, 0.3) is 0 Å². The summed E-state index contributed by atoms with van der Waals surface area (Å²) < 4.78 is 29.5. The van der Waals surface area contributed by atoms with E-state index in [0.29, 0.717) is 0 Å². The number of hydrogen-bond acceptors (Lipinski definition) is 1. The summed E-state index contributed by atoms with van der Waals surface area (Å²) in [7, 11) is 0. The number of halogens is 3. The molecule has 1 aliphatic heterocycles. The van der Waals surface area contributed by atoms with Crippen LogP contribution in [0.1, 0.15) is 12.8 Å². The first-order chi connectivity index (χ1) is 6.70. The molecule has 1 fully saturated rings. The first-order valence-corrected chi connectivity index (χ1v) is 5.18. The van der Waals surface area contributed by atoms with Crippen molar-refractivity contribution in [2.24, 2.45) is 0 Å². The molecule has 0 radical (unpaired) electrons. The van der Waals surface area contributed by atoms with Crippen molar-refractivity contribution in [3.05, 3.63) is 34.3 Å². The van der Waals surface area contributed by atoms with Crippen LogP contribution in [0, 0.1) is 11.6 Å². The molecular weight excluding hydrogens is 254 g/mol. The normalized spacial score (nSPS) is 14.8. The van der Waals surface area contributed by atoms with Gasteiger partial charge in [0.15, 0.2) is 0 Å². The number of rotatable bonds is 0. The van der Waals surface area contributed by atoms with E-state index in [1.165, 1.54) is 12.8 Å². The predicted octanol–water partition coefficient (Wildman–Crippen LogP) is 3.52. The standard InChI is InChI=1S/C6H3BrF2.C4H8O/c7-5-3-4(8)1-2-6(5)9;1-2-4-5-3-1/h1-3H;1-4H2. The molecule has 1 aromatic rings. The first kappa shape index (κ1) is 11.6. The van der Waals surface area contributed by atoms with Gasteiger partial charge in [0.2, 0.25) is 0 Å². The summed E-state index contributed by atoms with van der Waals surface area (Å²) in [4.78, 5) is 0. The predicted molar refractivity (Wildman–Crippen MR) is 54.1 cm³/mol. The highest BCUT2D eigenvalue weighted by Gasteiger charge is 1.97. The lowest BCUT2D eigenvalue weighted by Gasteiger charge is -1.90. The molecule has 4 heteroatoms. The third-order valence-electron chi connectivity index (χ3n) is 1.71. The molecule has 1 heterocycles. The summed E-state index contributed by atoms with van der Waals surface area (Å²) in [5, 5.41) is 0. The summed E-state index contributed by atoms with van der Waals surface area (Å²) in [6.07, 6.45) is 2.56. The Balaban J connectivity index is 0.000000165. The van der Waals surface area contributed by atoms with Gasteiger partial charge < -0.3 is 4.74 Å². The molecule has 0 unspecified atom stereocenters. The highest BCUT2D eigenvalue weighted by atomic mass is 79.9. The third kappa shape index (κ3) is 4.15. The van der Waals surface area contributed by atoms with Gasteiger partial charge in [0, 0.05) is 13.2 Å². The zero-order valence-corrected chi connectivity index (χ0v) is 9.19. The van der Waals surface area contributed by atoms with Crippen LogP contribution in [0.15, 0.2) is 22.7 Å². The van der Waals surface area contributed by atoms with Crippen LogP contribution in [0.3, 0.4) is 0 Å². The molecular formula is C10H11BrF2O. The smallest absolute Gasteiger partial charge is 0.137 e. The fourth-order valence-electron chi connectivity index (χ4n) is 0.981. The maximum absolute atomic E-state index is 12.3. The van der Waals surface area contributed by atoms with Crippen molar-refractivity contribution in [2.75, 3.05) is 13.2 Å². The van der Waals surface area contributed by atoms with Crippen molar-refractivity contribution in [1.29, 1.82) is 0 Å². The number of benzene rings is 1. The van der Waals surface area contributed by atoms with Crippen LogP contribution in [-0.4, -0.2) is 13.2 Å². The first-order valence-electron chi connectivity index (χ1n) is 4.38. The Kier molecular flexibility index (Phi) is 5.04. The molecule has 0 bridgehead atoms. The van der Waals surface area contributed by atoms with Crippen molar-refractivity contribution in [3.8, 4) is 0 Å². The van der Waals surface area contributed by atoms with Crippen molar-refractivity contribution in [1.82, 2.24) is 0 Å². The van der Waals surface area contributed by atoms with Crippen molar-refractivity contribution in [2.45, 2.75) is 12.8 Å². The Labute approximate surface area is 90.2 Å². The molecule has 1 aromatic carbocycles. The van der Waals surface area contributed by atoms with E-state index in [4.69, 9.17) is 4.74 Å². The van der Waals surface area contributed by atoms with Gasteiger partial charge in [-0.2, -0.15) is 0 Å². The zero-order chi connectivity index (χ0) is 10.4.